The highest BCUT2D eigenvalue weighted by atomic mass is 16.6. The molecule has 0 amide bonds. The molecule has 0 spiro atoms. The summed E-state index contributed by atoms with van der Waals surface area (Å²) in [7, 11) is 0. The number of benzene rings is 2. The van der Waals surface area contributed by atoms with Crippen LogP contribution in [0, 0.1) is 17.0 Å². The Labute approximate surface area is 114 Å². The standard InChI is InChI=1S/C14H12N4O2/c1-9-2-7-12-13(8-9)17-14(16-12)15-10-3-5-11(6-4-10)18(19)20/h2-8H,1H3,(H2,15,16,17). The number of nitro benzene ring substituents is 1. The molecule has 6 heteroatoms. The molecule has 3 aromatic rings. The molecule has 0 bridgehead atoms. The number of fused-ring (bicyclic) bond motifs is 1. The summed E-state index contributed by atoms with van der Waals surface area (Å²) in [5, 5.41) is 13.7. The van der Waals surface area contributed by atoms with Gasteiger partial charge in [0.15, 0.2) is 0 Å². The molecule has 20 heavy (non-hydrogen) atoms. The third kappa shape index (κ3) is 2.31. The Morgan fingerprint density at radius 3 is 2.65 bits per heavy atom. The van der Waals surface area contributed by atoms with Gasteiger partial charge in [-0.15, -0.1) is 0 Å². The lowest BCUT2D eigenvalue weighted by Gasteiger charge is -2.01. The summed E-state index contributed by atoms with van der Waals surface area (Å²) < 4.78 is 0. The van der Waals surface area contributed by atoms with Crippen LogP contribution in [0.25, 0.3) is 11.0 Å². The molecule has 2 aromatic carbocycles. The number of H-pyrrole nitrogens is 1. The number of rotatable bonds is 3. The molecule has 6 nitrogen and oxygen atoms in total. The average Bonchev–Trinajstić information content (AvgIpc) is 2.80. The summed E-state index contributed by atoms with van der Waals surface area (Å²) >= 11 is 0. The van der Waals surface area contributed by atoms with Crippen LogP contribution in [0.15, 0.2) is 42.5 Å². The first-order chi connectivity index (χ1) is 9.61. The monoisotopic (exact) mass is 268 g/mol. The van der Waals surface area contributed by atoms with Crippen LogP contribution in [0.1, 0.15) is 5.56 Å². The van der Waals surface area contributed by atoms with Gasteiger partial charge in [-0.2, -0.15) is 0 Å². The molecule has 3 rings (SSSR count). The first kappa shape index (κ1) is 12.2. The quantitative estimate of drug-likeness (QED) is 0.562. The fourth-order valence-electron chi connectivity index (χ4n) is 1.99. The van der Waals surface area contributed by atoms with E-state index in [4.69, 9.17) is 0 Å². The Bertz CT molecular complexity index is 777. The predicted molar refractivity (Wildman–Crippen MR) is 77.2 cm³/mol. The fourth-order valence-corrected chi connectivity index (χ4v) is 1.99. The van der Waals surface area contributed by atoms with Gasteiger partial charge in [-0.3, -0.25) is 10.1 Å². The summed E-state index contributed by atoms with van der Waals surface area (Å²) in [5.41, 5.74) is 3.79. The van der Waals surface area contributed by atoms with Crippen LogP contribution in [-0.4, -0.2) is 14.9 Å². The second kappa shape index (κ2) is 4.65. The molecule has 0 aliphatic carbocycles. The van der Waals surface area contributed by atoms with Gasteiger partial charge in [0.05, 0.1) is 16.0 Å². The molecule has 0 saturated heterocycles. The van der Waals surface area contributed by atoms with Gasteiger partial charge in [-0.1, -0.05) is 6.07 Å². The summed E-state index contributed by atoms with van der Waals surface area (Å²) in [6, 6.07) is 12.2. The first-order valence-electron chi connectivity index (χ1n) is 6.10. The SMILES string of the molecule is Cc1ccc2nc(Nc3ccc([N+](=O)[O-])cc3)[nH]c2c1. The minimum absolute atomic E-state index is 0.0655. The van der Waals surface area contributed by atoms with Crippen molar-refractivity contribution in [3.63, 3.8) is 0 Å². The van der Waals surface area contributed by atoms with Gasteiger partial charge in [0.1, 0.15) is 0 Å². The topological polar surface area (TPSA) is 83.8 Å². The number of aryl methyl sites for hydroxylation is 1. The number of aromatic amines is 1. The maximum Gasteiger partial charge on any atom is 0.269 e. The second-order valence-corrected chi connectivity index (χ2v) is 4.53. The third-order valence-corrected chi connectivity index (χ3v) is 2.98. The van der Waals surface area contributed by atoms with Crippen LogP contribution in [0.3, 0.4) is 0 Å². The van der Waals surface area contributed by atoms with Gasteiger partial charge in [0, 0.05) is 17.8 Å². The molecule has 0 saturated carbocycles. The van der Waals surface area contributed by atoms with E-state index in [-0.39, 0.29) is 5.69 Å². The molecule has 2 N–H and O–H groups in total. The number of aromatic nitrogens is 2. The molecule has 0 atom stereocenters. The van der Waals surface area contributed by atoms with Gasteiger partial charge in [0.25, 0.3) is 5.69 Å². The van der Waals surface area contributed by atoms with E-state index in [0.717, 1.165) is 22.3 Å². The molecule has 0 fully saturated rings. The number of nitrogens with zero attached hydrogens (tertiary/aromatic N) is 2. The van der Waals surface area contributed by atoms with Crippen molar-refractivity contribution in [3.05, 3.63) is 58.1 Å². The fraction of sp³-hybridized carbons (Fsp3) is 0.0714. The number of non-ortho nitro benzene ring substituents is 1. The van der Waals surface area contributed by atoms with E-state index in [0.29, 0.717) is 5.95 Å². The van der Waals surface area contributed by atoms with Crippen LogP contribution in [-0.2, 0) is 0 Å². The van der Waals surface area contributed by atoms with Crippen molar-refractivity contribution in [3.8, 4) is 0 Å². The van der Waals surface area contributed by atoms with Crippen molar-refractivity contribution in [2.75, 3.05) is 5.32 Å². The summed E-state index contributed by atoms with van der Waals surface area (Å²) in [6.45, 7) is 2.02. The van der Waals surface area contributed by atoms with Crippen molar-refractivity contribution in [1.29, 1.82) is 0 Å². The summed E-state index contributed by atoms with van der Waals surface area (Å²) in [6.07, 6.45) is 0. The highest BCUT2D eigenvalue weighted by Gasteiger charge is 2.06. The lowest BCUT2D eigenvalue weighted by atomic mass is 10.2. The largest absolute Gasteiger partial charge is 0.326 e. The first-order valence-corrected chi connectivity index (χ1v) is 6.10. The average molecular weight is 268 g/mol. The van der Waals surface area contributed by atoms with E-state index < -0.39 is 4.92 Å². The maximum absolute atomic E-state index is 10.6. The summed E-state index contributed by atoms with van der Waals surface area (Å²) in [5.74, 6) is 0.611. The number of anilines is 2. The number of hydrogen-bond acceptors (Lipinski definition) is 4. The van der Waals surface area contributed by atoms with Crippen LogP contribution in [0.5, 0.6) is 0 Å². The molecule has 0 radical (unpaired) electrons. The molecular formula is C14H12N4O2. The zero-order chi connectivity index (χ0) is 14.1. The normalized spacial score (nSPS) is 10.7. The smallest absolute Gasteiger partial charge is 0.269 e. The van der Waals surface area contributed by atoms with Crippen molar-refractivity contribution in [1.82, 2.24) is 9.97 Å². The molecule has 1 aromatic heterocycles. The van der Waals surface area contributed by atoms with Crippen molar-refractivity contribution >= 4 is 28.4 Å². The van der Waals surface area contributed by atoms with Crippen molar-refractivity contribution in [2.24, 2.45) is 0 Å². The maximum atomic E-state index is 10.6. The van der Waals surface area contributed by atoms with E-state index in [9.17, 15) is 10.1 Å². The zero-order valence-electron chi connectivity index (χ0n) is 10.8. The Morgan fingerprint density at radius 1 is 1.20 bits per heavy atom. The Kier molecular flexibility index (Phi) is 2.83. The minimum atomic E-state index is -0.423. The van der Waals surface area contributed by atoms with Gasteiger partial charge < -0.3 is 10.3 Å². The number of nitro groups is 1. The molecule has 0 unspecified atom stereocenters. The zero-order valence-corrected chi connectivity index (χ0v) is 10.8. The molecule has 1 heterocycles. The Morgan fingerprint density at radius 2 is 1.95 bits per heavy atom. The van der Waals surface area contributed by atoms with E-state index in [1.54, 1.807) is 12.1 Å². The van der Waals surface area contributed by atoms with Crippen molar-refractivity contribution < 1.29 is 4.92 Å². The Hall–Kier alpha value is -2.89. The minimum Gasteiger partial charge on any atom is -0.326 e. The second-order valence-electron chi connectivity index (χ2n) is 4.53. The van der Waals surface area contributed by atoms with Gasteiger partial charge in [0.2, 0.25) is 5.95 Å². The number of hydrogen-bond donors (Lipinski definition) is 2. The van der Waals surface area contributed by atoms with E-state index >= 15 is 0 Å². The van der Waals surface area contributed by atoms with Gasteiger partial charge >= 0.3 is 0 Å². The number of nitrogens with one attached hydrogen (secondary N) is 2. The summed E-state index contributed by atoms with van der Waals surface area (Å²) in [4.78, 5) is 17.7. The molecule has 0 aliphatic rings. The van der Waals surface area contributed by atoms with Crippen LogP contribution in [0.2, 0.25) is 0 Å². The molecule has 100 valence electrons. The van der Waals surface area contributed by atoms with Crippen molar-refractivity contribution in [2.45, 2.75) is 6.92 Å². The van der Waals surface area contributed by atoms with Crippen LogP contribution in [0.4, 0.5) is 17.3 Å². The van der Waals surface area contributed by atoms with Crippen LogP contribution < -0.4 is 5.32 Å². The predicted octanol–water partition coefficient (Wildman–Crippen LogP) is 3.52. The lowest BCUT2D eigenvalue weighted by molar-refractivity contribution is -0.384. The molecular weight excluding hydrogens is 256 g/mol. The molecule has 0 aliphatic heterocycles. The lowest BCUT2D eigenvalue weighted by Crippen LogP contribution is -1.93. The highest BCUT2D eigenvalue weighted by molar-refractivity contribution is 5.79. The number of imidazole rings is 1. The van der Waals surface area contributed by atoms with E-state index in [1.807, 2.05) is 25.1 Å². The third-order valence-electron chi connectivity index (χ3n) is 2.98. The van der Waals surface area contributed by atoms with E-state index in [1.165, 1.54) is 12.1 Å². The van der Waals surface area contributed by atoms with Gasteiger partial charge in [-0.25, -0.2) is 4.98 Å². The van der Waals surface area contributed by atoms with Gasteiger partial charge in [-0.05, 0) is 36.8 Å². The Balaban J connectivity index is 1.87. The van der Waals surface area contributed by atoms with E-state index in [2.05, 4.69) is 15.3 Å². The van der Waals surface area contributed by atoms with Crippen LogP contribution >= 0.6 is 0 Å². The highest BCUT2D eigenvalue weighted by Crippen LogP contribution is 2.21.